The van der Waals surface area contributed by atoms with Gasteiger partial charge in [-0.15, -0.1) is 10.2 Å². The Balaban J connectivity index is 2.06. The number of para-hydroxylation sites is 2. The molecule has 0 aliphatic heterocycles. The molecule has 2 heterocycles. The highest BCUT2D eigenvalue weighted by Crippen LogP contribution is 2.17. The number of benzene rings is 1. The molecule has 0 radical (unpaired) electrons. The maximum atomic E-state index is 8.74. The van der Waals surface area contributed by atoms with Crippen molar-refractivity contribution in [3.8, 4) is 0 Å². The van der Waals surface area contributed by atoms with Gasteiger partial charge in [0.2, 0.25) is 0 Å². The summed E-state index contributed by atoms with van der Waals surface area (Å²) in [5, 5.41) is 23.7. The van der Waals surface area contributed by atoms with Gasteiger partial charge in [0.25, 0.3) is 0 Å². The zero-order valence-corrected chi connectivity index (χ0v) is 11.4. The van der Waals surface area contributed by atoms with Gasteiger partial charge in [-0.3, -0.25) is 0 Å². The third kappa shape index (κ3) is 2.53. The summed E-state index contributed by atoms with van der Waals surface area (Å²) in [4.78, 5) is 5.91. The number of hydrogen-bond donors (Lipinski definition) is 2. The van der Waals surface area contributed by atoms with Gasteiger partial charge >= 0.3 is 0 Å². The van der Waals surface area contributed by atoms with E-state index < -0.39 is 0 Å². The summed E-state index contributed by atoms with van der Waals surface area (Å²) in [6, 6.07) is 7.70. The van der Waals surface area contributed by atoms with E-state index >= 15 is 0 Å². The van der Waals surface area contributed by atoms with E-state index in [-0.39, 0.29) is 12.3 Å². The number of aromatic nitrogens is 6. The number of hydrogen-bond acceptors (Lipinski definition) is 6. The minimum Gasteiger partial charge on any atom is -0.409 e. The Morgan fingerprint density at radius 1 is 1.38 bits per heavy atom. The lowest BCUT2D eigenvalue weighted by Crippen LogP contribution is -2.18. The van der Waals surface area contributed by atoms with E-state index in [1.165, 1.54) is 4.80 Å². The number of aryl methyl sites for hydroxylation is 1. The first kappa shape index (κ1) is 13.0. The van der Waals surface area contributed by atoms with Crippen LogP contribution in [0.1, 0.15) is 11.6 Å². The molecular weight excluding hydrogens is 272 g/mol. The summed E-state index contributed by atoms with van der Waals surface area (Å²) in [6.07, 6.45) is 0.242. The van der Waals surface area contributed by atoms with Crippen LogP contribution in [0.4, 0.5) is 0 Å². The quantitative estimate of drug-likeness (QED) is 0.299. The second kappa shape index (κ2) is 5.19. The molecular formula is C12H14N8O. The van der Waals surface area contributed by atoms with E-state index in [0.29, 0.717) is 18.2 Å². The van der Waals surface area contributed by atoms with Gasteiger partial charge in [-0.2, -0.15) is 4.80 Å². The summed E-state index contributed by atoms with van der Waals surface area (Å²) in [6.45, 7) is 0.419. The molecule has 3 aromatic rings. The molecule has 0 fully saturated rings. The predicted octanol–water partition coefficient (Wildman–Crippen LogP) is -0.103. The summed E-state index contributed by atoms with van der Waals surface area (Å²) in [5.41, 5.74) is 7.36. The van der Waals surface area contributed by atoms with Crippen LogP contribution < -0.4 is 5.73 Å². The highest BCUT2D eigenvalue weighted by atomic mass is 16.4. The Morgan fingerprint density at radius 3 is 2.90 bits per heavy atom. The van der Waals surface area contributed by atoms with Crippen molar-refractivity contribution in [1.82, 2.24) is 29.8 Å². The van der Waals surface area contributed by atoms with E-state index in [1.54, 1.807) is 7.05 Å². The van der Waals surface area contributed by atoms with E-state index in [0.717, 1.165) is 11.0 Å². The van der Waals surface area contributed by atoms with Gasteiger partial charge in [-0.1, -0.05) is 17.3 Å². The largest absolute Gasteiger partial charge is 0.409 e. The molecule has 2 aromatic heterocycles. The second-order valence-electron chi connectivity index (χ2n) is 4.57. The third-order valence-electron chi connectivity index (χ3n) is 3.05. The molecule has 0 aliphatic carbocycles. The number of nitrogens with two attached hydrogens (primary N) is 1. The van der Waals surface area contributed by atoms with Crippen molar-refractivity contribution in [2.75, 3.05) is 0 Å². The molecule has 108 valence electrons. The molecule has 3 N–H and O–H groups in total. The molecule has 0 aliphatic rings. The lowest BCUT2D eigenvalue weighted by atomic mass is 10.3. The monoisotopic (exact) mass is 286 g/mol. The number of nitrogens with zero attached hydrogens (tertiary/aromatic N) is 7. The van der Waals surface area contributed by atoms with Crippen molar-refractivity contribution in [3.63, 3.8) is 0 Å². The van der Waals surface area contributed by atoms with E-state index in [4.69, 9.17) is 10.9 Å². The lowest BCUT2D eigenvalue weighted by Gasteiger charge is -2.05. The average molecular weight is 286 g/mol. The number of oxime groups is 1. The molecule has 0 unspecified atom stereocenters. The maximum absolute atomic E-state index is 8.74. The molecule has 9 nitrogen and oxygen atoms in total. The minimum atomic E-state index is 0.0960. The maximum Gasteiger partial charge on any atom is 0.194 e. The van der Waals surface area contributed by atoms with E-state index in [1.807, 2.05) is 28.8 Å². The molecule has 21 heavy (non-hydrogen) atoms. The molecule has 0 saturated heterocycles. The lowest BCUT2D eigenvalue weighted by molar-refractivity contribution is 0.317. The van der Waals surface area contributed by atoms with Crippen LogP contribution in [0.2, 0.25) is 0 Å². The first-order valence-electron chi connectivity index (χ1n) is 6.31. The number of amidine groups is 1. The topological polar surface area (TPSA) is 120 Å². The van der Waals surface area contributed by atoms with Crippen LogP contribution in [0.15, 0.2) is 29.4 Å². The van der Waals surface area contributed by atoms with Crippen molar-refractivity contribution < 1.29 is 5.21 Å². The van der Waals surface area contributed by atoms with E-state index in [9.17, 15) is 0 Å². The molecule has 9 heteroatoms. The summed E-state index contributed by atoms with van der Waals surface area (Å²) in [7, 11) is 1.71. The fraction of sp³-hybridized carbons (Fsp3) is 0.250. The zero-order chi connectivity index (χ0) is 14.8. The van der Waals surface area contributed by atoms with Crippen molar-refractivity contribution >= 4 is 16.9 Å². The minimum absolute atomic E-state index is 0.0960. The average Bonchev–Trinajstić information content (AvgIpc) is 3.04. The van der Waals surface area contributed by atoms with Crippen LogP contribution in [0.3, 0.4) is 0 Å². The third-order valence-corrected chi connectivity index (χ3v) is 3.05. The summed E-state index contributed by atoms with van der Waals surface area (Å²) in [5.74, 6) is 1.35. The van der Waals surface area contributed by atoms with Crippen molar-refractivity contribution in [2.45, 2.75) is 13.0 Å². The fourth-order valence-electron chi connectivity index (χ4n) is 2.16. The summed E-state index contributed by atoms with van der Waals surface area (Å²) >= 11 is 0. The van der Waals surface area contributed by atoms with Crippen LogP contribution in [-0.4, -0.2) is 40.8 Å². The molecule has 0 saturated carbocycles. The van der Waals surface area contributed by atoms with Crippen molar-refractivity contribution in [2.24, 2.45) is 17.9 Å². The van der Waals surface area contributed by atoms with Gasteiger partial charge in [-0.05, 0) is 17.3 Å². The van der Waals surface area contributed by atoms with E-state index in [2.05, 4.69) is 25.6 Å². The SMILES string of the molecule is Cn1nnc(Cn2c(C/C(N)=N/O)nc3ccccc32)n1. The highest BCUT2D eigenvalue weighted by molar-refractivity contribution is 5.83. The Hall–Kier alpha value is -2.97. The Morgan fingerprint density at radius 2 is 2.19 bits per heavy atom. The first-order chi connectivity index (χ1) is 10.2. The van der Waals surface area contributed by atoms with Gasteiger partial charge in [0.1, 0.15) is 11.7 Å². The standard InChI is InChI=1S/C12H14N8O/c1-19-16-11(15-18-19)7-20-9-5-3-2-4-8(9)14-12(20)6-10(13)17-21/h2-5,21H,6-7H2,1H3,(H2,13,17). The molecule has 0 atom stereocenters. The van der Waals surface area contributed by atoms with Crippen LogP contribution in [-0.2, 0) is 20.0 Å². The number of fused-ring (bicyclic) bond motifs is 1. The molecule has 0 spiro atoms. The second-order valence-corrected chi connectivity index (χ2v) is 4.57. The van der Waals surface area contributed by atoms with Crippen molar-refractivity contribution in [1.29, 1.82) is 0 Å². The van der Waals surface area contributed by atoms with Gasteiger partial charge in [0, 0.05) is 0 Å². The number of imidazole rings is 1. The van der Waals surface area contributed by atoms with Crippen LogP contribution in [0.25, 0.3) is 11.0 Å². The fourth-order valence-corrected chi connectivity index (χ4v) is 2.16. The first-order valence-corrected chi connectivity index (χ1v) is 6.31. The molecule has 3 rings (SSSR count). The smallest absolute Gasteiger partial charge is 0.194 e. The van der Waals surface area contributed by atoms with Gasteiger partial charge in [0.15, 0.2) is 5.82 Å². The normalized spacial score (nSPS) is 12.1. The molecule has 1 aromatic carbocycles. The number of rotatable bonds is 4. The van der Waals surface area contributed by atoms with Crippen LogP contribution in [0.5, 0.6) is 0 Å². The van der Waals surface area contributed by atoms with Gasteiger partial charge < -0.3 is 15.5 Å². The van der Waals surface area contributed by atoms with Gasteiger partial charge in [-0.25, -0.2) is 4.98 Å². The predicted molar refractivity (Wildman–Crippen MR) is 74.7 cm³/mol. The Kier molecular flexibility index (Phi) is 3.22. The van der Waals surface area contributed by atoms with Crippen molar-refractivity contribution in [3.05, 3.63) is 35.9 Å². The Bertz CT molecular complexity index is 803. The van der Waals surface area contributed by atoms with Crippen LogP contribution >= 0.6 is 0 Å². The highest BCUT2D eigenvalue weighted by Gasteiger charge is 2.14. The van der Waals surface area contributed by atoms with Gasteiger partial charge in [0.05, 0.1) is 31.0 Å². The number of tetrazole rings is 1. The molecule has 0 bridgehead atoms. The Labute approximate surface area is 119 Å². The zero-order valence-electron chi connectivity index (χ0n) is 11.4. The summed E-state index contributed by atoms with van der Waals surface area (Å²) < 4.78 is 1.93. The molecule has 0 amide bonds. The van der Waals surface area contributed by atoms with Crippen LogP contribution in [0, 0.1) is 0 Å².